The van der Waals surface area contributed by atoms with E-state index in [9.17, 15) is 0 Å². The number of hydrogen-bond acceptors (Lipinski definition) is 3. The fourth-order valence-corrected chi connectivity index (χ4v) is 2.18. The molecule has 0 bridgehead atoms. The SMILES string of the molecule is CCc1n[nH]c(C)c1-c1cccc(OC)c1OC. The van der Waals surface area contributed by atoms with Gasteiger partial charge in [0.15, 0.2) is 11.5 Å². The highest BCUT2D eigenvalue weighted by atomic mass is 16.5. The molecule has 4 nitrogen and oxygen atoms in total. The van der Waals surface area contributed by atoms with Crippen LogP contribution in [0.25, 0.3) is 11.1 Å². The van der Waals surface area contributed by atoms with Gasteiger partial charge in [0.05, 0.1) is 19.9 Å². The molecule has 2 aromatic rings. The lowest BCUT2D eigenvalue weighted by atomic mass is 10.0. The van der Waals surface area contributed by atoms with Crippen LogP contribution in [0.2, 0.25) is 0 Å². The second-order valence-electron chi connectivity index (χ2n) is 4.06. The maximum atomic E-state index is 5.48. The van der Waals surface area contributed by atoms with Crippen molar-refractivity contribution in [2.24, 2.45) is 0 Å². The Morgan fingerprint density at radius 1 is 1.22 bits per heavy atom. The average molecular weight is 246 g/mol. The molecule has 0 amide bonds. The van der Waals surface area contributed by atoms with E-state index in [0.717, 1.165) is 40.4 Å². The molecule has 96 valence electrons. The number of aromatic amines is 1. The van der Waals surface area contributed by atoms with Gasteiger partial charge in [0.25, 0.3) is 0 Å². The number of aryl methyl sites for hydroxylation is 2. The topological polar surface area (TPSA) is 47.1 Å². The van der Waals surface area contributed by atoms with Crippen LogP contribution >= 0.6 is 0 Å². The number of hydrogen-bond donors (Lipinski definition) is 1. The number of rotatable bonds is 4. The van der Waals surface area contributed by atoms with Crippen LogP contribution in [0.3, 0.4) is 0 Å². The first-order valence-electron chi connectivity index (χ1n) is 5.98. The number of aromatic nitrogens is 2. The Morgan fingerprint density at radius 3 is 2.61 bits per heavy atom. The monoisotopic (exact) mass is 246 g/mol. The highest BCUT2D eigenvalue weighted by Gasteiger charge is 2.17. The van der Waals surface area contributed by atoms with Crippen molar-refractivity contribution in [3.63, 3.8) is 0 Å². The lowest BCUT2D eigenvalue weighted by molar-refractivity contribution is 0.356. The highest BCUT2D eigenvalue weighted by molar-refractivity contribution is 5.77. The molecule has 1 aromatic carbocycles. The Hall–Kier alpha value is -1.97. The first kappa shape index (κ1) is 12.5. The smallest absolute Gasteiger partial charge is 0.168 e. The molecule has 0 unspecified atom stereocenters. The van der Waals surface area contributed by atoms with Crippen LogP contribution in [-0.2, 0) is 6.42 Å². The molecule has 0 aliphatic heterocycles. The summed E-state index contributed by atoms with van der Waals surface area (Å²) in [4.78, 5) is 0. The number of methoxy groups -OCH3 is 2. The van der Waals surface area contributed by atoms with E-state index >= 15 is 0 Å². The van der Waals surface area contributed by atoms with Gasteiger partial charge in [0.2, 0.25) is 0 Å². The Morgan fingerprint density at radius 2 is 2.00 bits per heavy atom. The van der Waals surface area contributed by atoms with E-state index in [1.54, 1.807) is 14.2 Å². The van der Waals surface area contributed by atoms with E-state index in [1.165, 1.54) is 0 Å². The van der Waals surface area contributed by atoms with Gasteiger partial charge in [0.1, 0.15) is 0 Å². The van der Waals surface area contributed by atoms with Crippen LogP contribution in [0.1, 0.15) is 18.3 Å². The molecule has 4 heteroatoms. The molecule has 0 saturated heterocycles. The van der Waals surface area contributed by atoms with Gasteiger partial charge in [-0.2, -0.15) is 5.10 Å². The summed E-state index contributed by atoms with van der Waals surface area (Å²) >= 11 is 0. The Bertz CT molecular complexity index is 547. The predicted octanol–water partition coefficient (Wildman–Crippen LogP) is 2.96. The van der Waals surface area contributed by atoms with E-state index < -0.39 is 0 Å². The maximum absolute atomic E-state index is 5.48. The zero-order valence-corrected chi connectivity index (χ0v) is 11.2. The van der Waals surface area contributed by atoms with Crippen molar-refractivity contribution < 1.29 is 9.47 Å². The lowest BCUT2D eigenvalue weighted by Crippen LogP contribution is -1.95. The van der Waals surface area contributed by atoms with E-state index in [1.807, 2.05) is 25.1 Å². The summed E-state index contributed by atoms with van der Waals surface area (Å²) < 4.78 is 10.8. The van der Waals surface area contributed by atoms with Gasteiger partial charge in [-0.15, -0.1) is 0 Å². The largest absolute Gasteiger partial charge is 0.493 e. The van der Waals surface area contributed by atoms with E-state index in [4.69, 9.17) is 9.47 Å². The second-order valence-corrected chi connectivity index (χ2v) is 4.06. The predicted molar refractivity (Wildman–Crippen MR) is 71.2 cm³/mol. The second kappa shape index (κ2) is 5.12. The molecule has 1 aromatic heterocycles. The van der Waals surface area contributed by atoms with Gasteiger partial charge in [-0.25, -0.2) is 0 Å². The third kappa shape index (κ3) is 1.94. The van der Waals surface area contributed by atoms with Crippen LogP contribution in [-0.4, -0.2) is 24.4 Å². The summed E-state index contributed by atoms with van der Waals surface area (Å²) in [5, 5.41) is 7.35. The van der Waals surface area contributed by atoms with E-state index in [-0.39, 0.29) is 0 Å². The molecule has 0 radical (unpaired) electrons. The number of H-pyrrole nitrogens is 1. The number of ether oxygens (including phenoxy) is 2. The quantitative estimate of drug-likeness (QED) is 0.902. The summed E-state index contributed by atoms with van der Waals surface area (Å²) in [6.07, 6.45) is 0.875. The maximum Gasteiger partial charge on any atom is 0.168 e. The molecular weight excluding hydrogens is 228 g/mol. The zero-order chi connectivity index (χ0) is 13.1. The Balaban J connectivity index is 2.66. The summed E-state index contributed by atoms with van der Waals surface area (Å²) in [6, 6.07) is 5.88. The van der Waals surface area contributed by atoms with Crippen LogP contribution in [0.4, 0.5) is 0 Å². The van der Waals surface area contributed by atoms with Crippen molar-refractivity contribution in [1.29, 1.82) is 0 Å². The molecule has 0 atom stereocenters. The summed E-state index contributed by atoms with van der Waals surface area (Å²) in [6.45, 7) is 4.10. The van der Waals surface area contributed by atoms with Gasteiger partial charge < -0.3 is 9.47 Å². The van der Waals surface area contributed by atoms with Gasteiger partial charge in [-0.1, -0.05) is 19.1 Å². The number of benzene rings is 1. The van der Waals surface area contributed by atoms with Gasteiger partial charge in [-0.05, 0) is 19.4 Å². The number of nitrogens with one attached hydrogen (secondary N) is 1. The summed E-state index contributed by atoms with van der Waals surface area (Å²) in [7, 11) is 3.30. The van der Waals surface area contributed by atoms with Crippen LogP contribution in [0, 0.1) is 6.92 Å². The molecule has 0 aliphatic rings. The van der Waals surface area contributed by atoms with Crippen molar-refractivity contribution in [2.75, 3.05) is 14.2 Å². The van der Waals surface area contributed by atoms with Crippen molar-refractivity contribution in [2.45, 2.75) is 20.3 Å². The fourth-order valence-electron chi connectivity index (χ4n) is 2.18. The third-order valence-corrected chi connectivity index (χ3v) is 3.03. The van der Waals surface area contributed by atoms with Crippen molar-refractivity contribution in [3.8, 4) is 22.6 Å². The zero-order valence-electron chi connectivity index (χ0n) is 11.2. The third-order valence-electron chi connectivity index (χ3n) is 3.03. The van der Waals surface area contributed by atoms with E-state index in [0.29, 0.717) is 0 Å². The minimum absolute atomic E-state index is 0.734. The molecular formula is C14H18N2O2. The van der Waals surface area contributed by atoms with Crippen LogP contribution in [0.15, 0.2) is 18.2 Å². The number of nitrogens with zero attached hydrogens (tertiary/aromatic N) is 1. The molecule has 1 N–H and O–H groups in total. The summed E-state index contributed by atoms with van der Waals surface area (Å²) in [5.41, 5.74) is 4.20. The van der Waals surface area contributed by atoms with Crippen LogP contribution < -0.4 is 9.47 Å². The average Bonchev–Trinajstić information content (AvgIpc) is 2.78. The first-order chi connectivity index (χ1) is 8.72. The van der Waals surface area contributed by atoms with E-state index in [2.05, 4.69) is 17.1 Å². The van der Waals surface area contributed by atoms with Crippen molar-refractivity contribution >= 4 is 0 Å². The molecule has 0 saturated carbocycles. The standard InChI is InChI=1S/C14H18N2O2/c1-5-11-13(9(2)15-16-11)10-7-6-8-12(17-3)14(10)18-4/h6-8H,5H2,1-4H3,(H,15,16). The first-order valence-corrected chi connectivity index (χ1v) is 5.98. The minimum atomic E-state index is 0.734. The van der Waals surface area contributed by atoms with Crippen molar-refractivity contribution in [3.05, 3.63) is 29.6 Å². The summed E-state index contributed by atoms with van der Waals surface area (Å²) in [5.74, 6) is 1.48. The van der Waals surface area contributed by atoms with Crippen molar-refractivity contribution in [1.82, 2.24) is 10.2 Å². The Kier molecular flexibility index (Phi) is 3.55. The molecule has 1 heterocycles. The molecule has 18 heavy (non-hydrogen) atoms. The molecule has 2 rings (SSSR count). The van der Waals surface area contributed by atoms with Gasteiger partial charge in [0, 0.05) is 16.8 Å². The lowest BCUT2D eigenvalue weighted by Gasteiger charge is -2.13. The fraction of sp³-hybridized carbons (Fsp3) is 0.357. The van der Waals surface area contributed by atoms with Crippen LogP contribution in [0.5, 0.6) is 11.5 Å². The van der Waals surface area contributed by atoms with Gasteiger partial charge >= 0.3 is 0 Å². The Labute approximate surface area is 107 Å². The molecule has 0 aliphatic carbocycles. The number of para-hydroxylation sites is 1. The highest BCUT2D eigenvalue weighted by Crippen LogP contribution is 2.40. The normalized spacial score (nSPS) is 10.4. The molecule has 0 fully saturated rings. The minimum Gasteiger partial charge on any atom is -0.493 e. The molecule has 0 spiro atoms. The van der Waals surface area contributed by atoms with Gasteiger partial charge in [-0.3, -0.25) is 5.10 Å².